The van der Waals surface area contributed by atoms with Crippen molar-refractivity contribution in [2.24, 2.45) is 0 Å². The van der Waals surface area contributed by atoms with E-state index in [-0.39, 0.29) is 23.1 Å². The first-order valence-corrected chi connectivity index (χ1v) is 21.9. The Morgan fingerprint density at radius 3 is 1.82 bits per heavy atom. The predicted octanol–water partition coefficient (Wildman–Crippen LogP) is 13.9. The third kappa shape index (κ3) is 5.01. The molecule has 298 valence electrons. The minimum Gasteiger partial charge on any atom is -0.440 e. The van der Waals surface area contributed by atoms with Gasteiger partial charge in [-0.05, 0) is 105 Å². The lowest BCUT2D eigenvalue weighted by Gasteiger charge is -2.39. The first-order valence-electron chi connectivity index (χ1n) is 21.9. The smallest absolute Gasteiger partial charge is 0.337 e. The average Bonchev–Trinajstić information content (AvgIpc) is 3.89. The maximum atomic E-state index is 7.17. The molecule has 4 nitrogen and oxygen atoms in total. The maximum absolute atomic E-state index is 7.17. The van der Waals surface area contributed by atoms with Gasteiger partial charge < -0.3 is 13.5 Å². The molecule has 0 N–H and O–H groups in total. The number of para-hydroxylation sites is 3. The fourth-order valence-electron chi connectivity index (χ4n) is 10.6. The largest absolute Gasteiger partial charge is 0.440 e. The van der Waals surface area contributed by atoms with Crippen LogP contribution in [0.1, 0.15) is 79.0 Å². The Morgan fingerprint density at radius 2 is 1.10 bits per heavy atom. The first-order chi connectivity index (χ1) is 29.2. The highest BCUT2D eigenvalue weighted by atomic mass is 16.4. The summed E-state index contributed by atoms with van der Waals surface area (Å²) in [6.07, 6.45) is 0. The van der Waals surface area contributed by atoms with Crippen LogP contribution in [0.3, 0.4) is 0 Å². The summed E-state index contributed by atoms with van der Waals surface area (Å²) in [6.45, 7) is 20.7. The second kappa shape index (κ2) is 12.1. The van der Waals surface area contributed by atoms with Gasteiger partial charge in [-0.2, -0.15) is 0 Å². The Hall–Kier alpha value is -6.46. The molecule has 0 atom stereocenters. The zero-order valence-corrected chi connectivity index (χ0v) is 36.6. The second-order valence-corrected chi connectivity index (χ2v) is 20.6. The number of fused-ring (bicyclic) bond motifs is 13. The Kier molecular flexibility index (Phi) is 7.22. The van der Waals surface area contributed by atoms with Crippen LogP contribution < -0.4 is 15.8 Å². The SMILES string of the molecule is CC(C)(C)c1ccc(N2c3cc(C(C)(C)C)cc4c3B(c3c2oc2ccccc32)n2c3ccc(C(C)(C)C)cc3c3cc5c6ccccc6n(-c6ccccc6)c5c-4c32)cc1. The zero-order valence-electron chi connectivity index (χ0n) is 36.6. The van der Waals surface area contributed by atoms with Gasteiger partial charge in [0.15, 0.2) is 0 Å². The predicted molar refractivity (Wildman–Crippen MR) is 260 cm³/mol. The van der Waals surface area contributed by atoms with Crippen molar-refractivity contribution in [1.82, 2.24) is 9.05 Å². The van der Waals surface area contributed by atoms with Crippen molar-refractivity contribution in [3.8, 4) is 16.8 Å². The molecule has 0 saturated carbocycles. The van der Waals surface area contributed by atoms with Crippen LogP contribution in [0.5, 0.6) is 0 Å². The number of nitrogens with zero attached hydrogens (tertiary/aromatic N) is 3. The average molecular weight is 792 g/mol. The molecule has 0 spiro atoms. The van der Waals surface area contributed by atoms with E-state index in [9.17, 15) is 0 Å². The number of benzene rings is 7. The quantitative estimate of drug-likeness (QED) is 0.163. The van der Waals surface area contributed by atoms with Crippen molar-refractivity contribution in [3.05, 3.63) is 156 Å². The first kappa shape index (κ1) is 36.4. The summed E-state index contributed by atoms with van der Waals surface area (Å²) in [5.74, 6) is 0.892. The molecule has 0 amide bonds. The van der Waals surface area contributed by atoms with Gasteiger partial charge in [0, 0.05) is 66.1 Å². The lowest BCUT2D eigenvalue weighted by Crippen LogP contribution is -2.56. The Morgan fingerprint density at radius 1 is 0.459 bits per heavy atom. The van der Waals surface area contributed by atoms with Gasteiger partial charge >= 0.3 is 6.85 Å². The summed E-state index contributed by atoms with van der Waals surface area (Å²) in [7, 11) is 0. The van der Waals surface area contributed by atoms with E-state index >= 15 is 0 Å². The van der Waals surface area contributed by atoms with Crippen LogP contribution in [-0.4, -0.2) is 15.9 Å². The molecule has 2 aliphatic rings. The van der Waals surface area contributed by atoms with Crippen LogP contribution in [0.15, 0.2) is 144 Å². The van der Waals surface area contributed by atoms with Gasteiger partial charge in [-0.3, -0.25) is 4.90 Å². The highest BCUT2D eigenvalue weighted by Crippen LogP contribution is 2.52. The summed E-state index contributed by atoms with van der Waals surface area (Å²) in [5.41, 5.74) is 18.2. The molecule has 61 heavy (non-hydrogen) atoms. The van der Waals surface area contributed by atoms with Crippen LogP contribution in [-0.2, 0) is 16.2 Å². The van der Waals surface area contributed by atoms with Crippen molar-refractivity contribution in [1.29, 1.82) is 0 Å². The summed E-state index contributed by atoms with van der Waals surface area (Å²) >= 11 is 0. The Bertz CT molecular complexity index is 3470. The van der Waals surface area contributed by atoms with E-state index < -0.39 is 0 Å². The third-order valence-corrected chi connectivity index (χ3v) is 13.7. The normalized spacial score (nSPS) is 13.9. The zero-order chi connectivity index (χ0) is 41.9. The highest BCUT2D eigenvalue weighted by Gasteiger charge is 2.47. The van der Waals surface area contributed by atoms with Gasteiger partial charge in [0.25, 0.3) is 0 Å². The minimum absolute atomic E-state index is 0.0153. The minimum atomic E-state index is -0.137. The topological polar surface area (TPSA) is 26.2 Å². The fourth-order valence-corrected chi connectivity index (χ4v) is 10.6. The summed E-state index contributed by atoms with van der Waals surface area (Å²) in [4.78, 5) is 2.44. The van der Waals surface area contributed by atoms with E-state index in [1.54, 1.807) is 0 Å². The molecule has 0 saturated heterocycles. The molecule has 3 aromatic heterocycles. The van der Waals surface area contributed by atoms with E-state index in [0.29, 0.717) is 0 Å². The number of rotatable bonds is 2. The Balaban J connectivity index is 1.33. The molecule has 0 unspecified atom stereocenters. The molecular formula is C56H50BN3O. The van der Waals surface area contributed by atoms with Crippen LogP contribution in [0.4, 0.5) is 17.3 Å². The number of hydrogen-bond acceptors (Lipinski definition) is 2. The lowest BCUT2D eigenvalue weighted by molar-refractivity contribution is 0.589. The highest BCUT2D eigenvalue weighted by molar-refractivity contribution is 6.91. The van der Waals surface area contributed by atoms with Crippen LogP contribution in [0.2, 0.25) is 0 Å². The molecule has 10 aromatic rings. The van der Waals surface area contributed by atoms with Crippen molar-refractivity contribution < 1.29 is 4.42 Å². The molecule has 12 rings (SSSR count). The molecule has 7 aromatic carbocycles. The van der Waals surface area contributed by atoms with Gasteiger partial charge in [0.2, 0.25) is 5.88 Å². The van der Waals surface area contributed by atoms with Gasteiger partial charge in [-0.1, -0.05) is 141 Å². The van der Waals surface area contributed by atoms with Gasteiger partial charge in [-0.15, -0.1) is 0 Å². The number of anilines is 3. The molecule has 0 fully saturated rings. The molecular weight excluding hydrogens is 741 g/mol. The van der Waals surface area contributed by atoms with Crippen molar-refractivity contribution in [3.63, 3.8) is 0 Å². The van der Waals surface area contributed by atoms with Crippen molar-refractivity contribution >= 4 is 89.6 Å². The summed E-state index contributed by atoms with van der Waals surface area (Å²) in [5, 5.41) is 6.28. The van der Waals surface area contributed by atoms with Crippen LogP contribution in [0.25, 0.3) is 71.4 Å². The van der Waals surface area contributed by atoms with E-state index in [1.807, 2.05) is 0 Å². The van der Waals surface area contributed by atoms with Gasteiger partial charge in [0.05, 0.1) is 11.0 Å². The van der Waals surface area contributed by atoms with E-state index in [2.05, 4.69) is 216 Å². The van der Waals surface area contributed by atoms with E-state index in [4.69, 9.17) is 4.42 Å². The standard InChI is InChI=1S/C56H50BN3O/c1-54(2,3)33-23-26-37(27-24-33)59-46-31-35(56(7,8)9)30-43-48-51-41(38-19-13-15-21-44(38)58(51)36-17-11-10-12-18-36)32-42-40-29-34(55(4,5)6)25-28-45(40)60(52(42)48)57(49(43)46)50-39-20-14-16-22-47(39)61-53(50)59/h10-32H,1-9H3. The van der Waals surface area contributed by atoms with Crippen molar-refractivity contribution in [2.45, 2.75) is 78.6 Å². The van der Waals surface area contributed by atoms with Crippen LogP contribution in [0, 0.1) is 0 Å². The lowest BCUT2D eigenvalue weighted by atomic mass is 9.45. The van der Waals surface area contributed by atoms with Crippen LogP contribution >= 0.6 is 0 Å². The molecule has 0 radical (unpaired) electrons. The van der Waals surface area contributed by atoms with E-state index in [0.717, 1.165) is 28.2 Å². The molecule has 2 aliphatic heterocycles. The molecule has 0 bridgehead atoms. The van der Waals surface area contributed by atoms with E-state index in [1.165, 1.54) is 88.0 Å². The molecule has 5 heterocycles. The third-order valence-electron chi connectivity index (χ3n) is 13.7. The summed E-state index contributed by atoms with van der Waals surface area (Å²) < 4.78 is 12.4. The number of furan rings is 1. The second-order valence-electron chi connectivity index (χ2n) is 20.6. The number of aromatic nitrogens is 2. The fraction of sp³-hybridized carbons (Fsp3) is 0.214. The summed E-state index contributed by atoms with van der Waals surface area (Å²) in [6, 6.07) is 52.6. The van der Waals surface area contributed by atoms with Gasteiger partial charge in [-0.25, -0.2) is 0 Å². The Labute approximate surface area is 358 Å². The van der Waals surface area contributed by atoms with Gasteiger partial charge in [0.1, 0.15) is 5.58 Å². The van der Waals surface area contributed by atoms with Crippen molar-refractivity contribution in [2.75, 3.05) is 4.90 Å². The monoisotopic (exact) mass is 791 g/mol. The number of hydrogen-bond donors (Lipinski definition) is 0. The molecule has 5 heteroatoms. The maximum Gasteiger partial charge on any atom is 0.337 e. The molecule has 0 aliphatic carbocycles.